The minimum atomic E-state index is -3.03. The Morgan fingerprint density at radius 2 is 1.76 bits per heavy atom. The van der Waals surface area contributed by atoms with E-state index in [1.807, 2.05) is 0 Å². The molecule has 2 aliphatic heterocycles. The summed E-state index contributed by atoms with van der Waals surface area (Å²) in [6, 6.07) is 10.4. The lowest BCUT2D eigenvalue weighted by molar-refractivity contribution is -0.385. The number of halogens is 2. The van der Waals surface area contributed by atoms with Crippen LogP contribution < -0.4 is 4.74 Å². The number of hydrogen-bond donors (Lipinski definition) is 0. The van der Waals surface area contributed by atoms with E-state index in [0.717, 1.165) is 12.1 Å². The third kappa shape index (κ3) is 4.69. The van der Waals surface area contributed by atoms with Gasteiger partial charge < -0.3 is 9.26 Å². The van der Waals surface area contributed by atoms with Crippen molar-refractivity contribution in [2.75, 3.05) is 26.2 Å². The summed E-state index contributed by atoms with van der Waals surface area (Å²) >= 11 is 0. The van der Waals surface area contributed by atoms with Gasteiger partial charge in [-0.1, -0.05) is 0 Å². The van der Waals surface area contributed by atoms with Crippen LogP contribution in [0.5, 0.6) is 11.5 Å². The summed E-state index contributed by atoms with van der Waals surface area (Å²) in [6.45, 7) is 2.86. The quantitative estimate of drug-likeness (QED) is 0.180. The highest BCUT2D eigenvalue weighted by Crippen LogP contribution is 2.61. The first-order chi connectivity index (χ1) is 16.3. The molecule has 34 heavy (non-hydrogen) atoms. The molecule has 1 aromatic heterocycles. The van der Waals surface area contributed by atoms with E-state index in [2.05, 4.69) is 4.98 Å². The third-order valence-electron chi connectivity index (χ3n) is 5.35. The SMILES string of the molecule is O=[N+]([O-])c1ccc(COP(=O)(N2CC2)N2CC2)cc1Oc1ccc(-c2ccc(F)cc2F)nc1. The number of benzene rings is 2. The van der Waals surface area contributed by atoms with Gasteiger partial charge in [-0.3, -0.25) is 19.7 Å². The van der Waals surface area contributed by atoms with Gasteiger partial charge in [-0.15, -0.1) is 0 Å². The lowest BCUT2D eigenvalue weighted by atomic mass is 10.1. The van der Waals surface area contributed by atoms with E-state index >= 15 is 0 Å². The van der Waals surface area contributed by atoms with Gasteiger partial charge in [0, 0.05) is 43.9 Å². The molecule has 0 N–H and O–H groups in total. The van der Waals surface area contributed by atoms with Crippen LogP contribution in [0.2, 0.25) is 0 Å². The molecule has 3 heterocycles. The molecular formula is C22H19F2N4O5P. The Kier molecular flexibility index (Phi) is 5.86. The number of nitro groups is 1. The lowest BCUT2D eigenvalue weighted by Crippen LogP contribution is -2.08. The molecule has 12 heteroatoms. The molecule has 176 valence electrons. The van der Waals surface area contributed by atoms with Crippen LogP contribution in [-0.4, -0.2) is 45.4 Å². The number of nitrogens with zero attached hydrogens (tertiary/aromatic N) is 4. The van der Waals surface area contributed by atoms with Crippen LogP contribution in [-0.2, 0) is 15.7 Å². The number of aromatic nitrogens is 1. The van der Waals surface area contributed by atoms with Crippen molar-refractivity contribution in [2.45, 2.75) is 6.61 Å². The standard InChI is InChI=1S/C22H19F2N4O5P/c23-16-2-4-18(19(24)12-16)20-5-3-17(13-25-20)33-22-11-15(1-6-21(22)28(29)30)14-32-34(31,26-7-8-26)27-9-10-27/h1-6,11-13H,7-10,14H2. The molecule has 0 spiro atoms. The van der Waals surface area contributed by atoms with Crippen LogP contribution in [0.25, 0.3) is 11.3 Å². The molecule has 0 saturated carbocycles. The van der Waals surface area contributed by atoms with E-state index in [1.165, 1.54) is 42.6 Å². The fourth-order valence-corrected chi connectivity index (χ4v) is 5.59. The van der Waals surface area contributed by atoms with Crippen molar-refractivity contribution in [1.29, 1.82) is 0 Å². The van der Waals surface area contributed by atoms with Gasteiger partial charge in [-0.25, -0.2) is 18.1 Å². The molecule has 0 bridgehead atoms. The predicted molar refractivity (Wildman–Crippen MR) is 118 cm³/mol. The Balaban J connectivity index is 1.35. The average molecular weight is 488 g/mol. The zero-order chi connectivity index (χ0) is 23.9. The van der Waals surface area contributed by atoms with Gasteiger partial charge in [0.15, 0.2) is 0 Å². The maximum Gasteiger partial charge on any atom is 0.346 e. The largest absolute Gasteiger partial charge is 0.448 e. The fourth-order valence-electron chi connectivity index (χ4n) is 3.40. The molecule has 0 aliphatic carbocycles. The first kappa shape index (κ1) is 22.5. The van der Waals surface area contributed by atoms with Crippen molar-refractivity contribution >= 4 is 13.4 Å². The number of nitro benzene ring substituents is 1. The average Bonchev–Trinajstić information content (AvgIpc) is 3.71. The first-order valence-electron chi connectivity index (χ1n) is 10.5. The molecule has 0 amide bonds. The topological polar surface area (TPSA) is 97.6 Å². The summed E-state index contributed by atoms with van der Waals surface area (Å²) in [5.74, 6) is -1.31. The van der Waals surface area contributed by atoms with Crippen molar-refractivity contribution in [1.82, 2.24) is 14.3 Å². The highest BCUT2D eigenvalue weighted by atomic mass is 31.2. The molecule has 3 aromatic rings. The predicted octanol–water partition coefficient (Wildman–Crippen LogP) is 4.98. The molecule has 2 saturated heterocycles. The summed E-state index contributed by atoms with van der Waals surface area (Å²) < 4.78 is 55.3. The second-order valence-corrected chi connectivity index (χ2v) is 10.2. The number of hydrogen-bond acceptors (Lipinski definition) is 6. The van der Waals surface area contributed by atoms with E-state index in [-0.39, 0.29) is 35.1 Å². The Labute approximate surface area is 193 Å². The van der Waals surface area contributed by atoms with Crippen molar-refractivity contribution in [3.8, 4) is 22.8 Å². The van der Waals surface area contributed by atoms with Crippen LogP contribution in [0.1, 0.15) is 5.56 Å². The number of rotatable bonds is 9. The number of pyridine rings is 1. The molecule has 2 aliphatic rings. The van der Waals surface area contributed by atoms with Gasteiger partial charge >= 0.3 is 13.4 Å². The van der Waals surface area contributed by atoms with Crippen molar-refractivity contribution in [3.63, 3.8) is 0 Å². The van der Waals surface area contributed by atoms with E-state index in [1.54, 1.807) is 9.34 Å². The minimum absolute atomic E-state index is 0.000334. The van der Waals surface area contributed by atoms with Gasteiger partial charge in [0.2, 0.25) is 5.75 Å². The van der Waals surface area contributed by atoms with Crippen LogP contribution in [0, 0.1) is 21.7 Å². The van der Waals surface area contributed by atoms with Crippen LogP contribution >= 0.6 is 7.67 Å². The molecule has 0 atom stereocenters. The zero-order valence-corrected chi connectivity index (χ0v) is 18.7. The third-order valence-corrected chi connectivity index (χ3v) is 8.05. The molecule has 9 nitrogen and oxygen atoms in total. The highest BCUT2D eigenvalue weighted by molar-refractivity contribution is 7.54. The van der Waals surface area contributed by atoms with E-state index in [4.69, 9.17) is 9.26 Å². The van der Waals surface area contributed by atoms with Gasteiger partial charge in [0.1, 0.15) is 17.4 Å². The van der Waals surface area contributed by atoms with Gasteiger partial charge in [0.25, 0.3) is 0 Å². The fraction of sp³-hybridized carbons (Fsp3) is 0.227. The molecule has 0 unspecified atom stereocenters. The van der Waals surface area contributed by atoms with Gasteiger partial charge in [-0.2, -0.15) is 0 Å². The molecule has 0 radical (unpaired) electrons. The van der Waals surface area contributed by atoms with E-state index in [0.29, 0.717) is 31.7 Å². The maximum absolute atomic E-state index is 14.0. The number of ether oxygens (including phenoxy) is 1. The van der Waals surface area contributed by atoms with Crippen LogP contribution in [0.15, 0.2) is 54.7 Å². The van der Waals surface area contributed by atoms with E-state index < -0.39 is 24.2 Å². The Hall–Kier alpha value is -3.24. The van der Waals surface area contributed by atoms with Crippen molar-refractivity contribution < 1.29 is 27.5 Å². The minimum Gasteiger partial charge on any atom is -0.448 e. The van der Waals surface area contributed by atoms with Gasteiger partial charge in [0.05, 0.1) is 23.4 Å². The molecule has 2 aromatic carbocycles. The zero-order valence-electron chi connectivity index (χ0n) is 17.8. The summed E-state index contributed by atoms with van der Waals surface area (Å²) in [5, 5.41) is 11.5. The molecule has 5 rings (SSSR count). The van der Waals surface area contributed by atoms with E-state index in [9.17, 15) is 23.5 Å². The van der Waals surface area contributed by atoms with Crippen LogP contribution in [0.3, 0.4) is 0 Å². The second-order valence-electron chi connectivity index (χ2n) is 7.84. The highest BCUT2D eigenvalue weighted by Gasteiger charge is 2.49. The molecular weight excluding hydrogens is 469 g/mol. The smallest absolute Gasteiger partial charge is 0.346 e. The van der Waals surface area contributed by atoms with Crippen molar-refractivity contribution in [3.05, 3.63) is 82.0 Å². The second kappa shape index (κ2) is 8.84. The van der Waals surface area contributed by atoms with Crippen molar-refractivity contribution in [2.24, 2.45) is 0 Å². The maximum atomic E-state index is 14.0. The Morgan fingerprint density at radius 1 is 1.03 bits per heavy atom. The Morgan fingerprint density at radius 3 is 2.35 bits per heavy atom. The van der Waals surface area contributed by atoms with Crippen LogP contribution in [0.4, 0.5) is 14.5 Å². The summed E-state index contributed by atoms with van der Waals surface area (Å²) in [4.78, 5) is 15.0. The monoisotopic (exact) mass is 488 g/mol. The van der Waals surface area contributed by atoms with Gasteiger partial charge in [-0.05, 0) is 42.0 Å². The first-order valence-corrected chi connectivity index (χ1v) is 12.0. The summed E-state index contributed by atoms with van der Waals surface area (Å²) in [6.07, 6.45) is 1.29. The lowest BCUT2D eigenvalue weighted by Gasteiger charge is -2.19. The summed E-state index contributed by atoms with van der Waals surface area (Å²) in [5.41, 5.74) is 0.655. The summed E-state index contributed by atoms with van der Waals surface area (Å²) in [7, 11) is -3.03. The normalized spacial score (nSPS) is 15.8. The molecule has 2 fully saturated rings. The Bertz CT molecular complexity index is 1280.